The summed E-state index contributed by atoms with van der Waals surface area (Å²) in [6.45, 7) is 7.26. The van der Waals surface area contributed by atoms with Crippen LogP contribution in [0.1, 0.15) is 68.6 Å². The summed E-state index contributed by atoms with van der Waals surface area (Å²) >= 11 is 0. The minimum Gasteiger partial charge on any atom is -0.360 e. The van der Waals surface area contributed by atoms with Gasteiger partial charge in [0.25, 0.3) is 16.1 Å². The van der Waals surface area contributed by atoms with Gasteiger partial charge >= 0.3 is 0 Å². The smallest absolute Gasteiger partial charge is 0.282 e. The molecule has 2 aliphatic heterocycles. The molecule has 1 aromatic heterocycles. The zero-order valence-corrected chi connectivity index (χ0v) is 18.1. The summed E-state index contributed by atoms with van der Waals surface area (Å²) < 4.78 is 34.8. The van der Waals surface area contributed by atoms with Crippen LogP contribution in [0.3, 0.4) is 0 Å². The number of aromatic nitrogens is 1. The van der Waals surface area contributed by atoms with Crippen LogP contribution in [0.25, 0.3) is 0 Å². The highest BCUT2D eigenvalue weighted by molar-refractivity contribution is 7.86. The van der Waals surface area contributed by atoms with Crippen molar-refractivity contribution in [3.63, 3.8) is 0 Å². The Morgan fingerprint density at radius 1 is 1.21 bits per heavy atom. The predicted molar refractivity (Wildman–Crippen MR) is 108 cm³/mol. The fourth-order valence-corrected chi connectivity index (χ4v) is 6.45. The monoisotopic (exact) mass is 425 g/mol. The molecule has 3 fully saturated rings. The molecular weight excluding hydrogens is 394 g/mol. The second-order valence-corrected chi connectivity index (χ2v) is 10.7. The molecule has 0 spiro atoms. The Hall–Kier alpha value is -1.49. The van der Waals surface area contributed by atoms with Gasteiger partial charge in [-0.25, -0.2) is 0 Å². The summed E-state index contributed by atoms with van der Waals surface area (Å²) in [7, 11) is -3.52. The topological polar surface area (TPSA) is 108 Å². The average molecular weight is 426 g/mol. The number of carbonyl (C=O) groups is 1. The van der Waals surface area contributed by atoms with Crippen LogP contribution < -0.4 is 10.6 Å². The quantitative estimate of drug-likeness (QED) is 0.730. The first-order chi connectivity index (χ1) is 13.7. The highest BCUT2D eigenvalue weighted by Crippen LogP contribution is 2.40. The first kappa shape index (κ1) is 20.8. The molecular formula is C19H31N5O4S. The summed E-state index contributed by atoms with van der Waals surface area (Å²) in [6.07, 6.45) is 3.34. The number of amides is 1. The number of hydrogen-bond acceptors (Lipinski definition) is 6. The lowest BCUT2D eigenvalue weighted by Crippen LogP contribution is -2.61. The molecule has 1 saturated carbocycles. The third kappa shape index (κ3) is 4.50. The van der Waals surface area contributed by atoms with Crippen LogP contribution in [0.15, 0.2) is 10.6 Å². The molecule has 162 valence electrons. The summed E-state index contributed by atoms with van der Waals surface area (Å²) in [4.78, 5) is 12.5. The molecule has 9 nitrogen and oxygen atoms in total. The van der Waals surface area contributed by atoms with Gasteiger partial charge < -0.3 is 15.2 Å². The first-order valence-corrected chi connectivity index (χ1v) is 11.9. The van der Waals surface area contributed by atoms with E-state index in [0.29, 0.717) is 44.1 Å². The second-order valence-electron chi connectivity index (χ2n) is 8.84. The molecule has 3 aliphatic rings. The Kier molecular flexibility index (Phi) is 5.71. The zero-order chi connectivity index (χ0) is 20.8. The van der Waals surface area contributed by atoms with E-state index in [-0.39, 0.29) is 30.1 Å². The Labute approximate surface area is 172 Å². The van der Waals surface area contributed by atoms with E-state index in [4.69, 9.17) is 4.52 Å². The van der Waals surface area contributed by atoms with Gasteiger partial charge in [0.1, 0.15) is 5.76 Å². The van der Waals surface area contributed by atoms with Crippen LogP contribution in [-0.2, 0) is 10.2 Å². The van der Waals surface area contributed by atoms with Crippen molar-refractivity contribution in [1.82, 2.24) is 24.4 Å². The third-order valence-electron chi connectivity index (χ3n) is 6.04. The van der Waals surface area contributed by atoms with Gasteiger partial charge in [-0.05, 0) is 46.5 Å². The molecule has 1 aliphatic carbocycles. The average Bonchev–Trinajstić information content (AvgIpc) is 3.37. The van der Waals surface area contributed by atoms with Gasteiger partial charge in [-0.15, -0.1) is 0 Å². The lowest BCUT2D eigenvalue weighted by atomic mass is 10.0. The number of nitrogens with zero attached hydrogens (tertiary/aromatic N) is 3. The molecule has 3 heterocycles. The van der Waals surface area contributed by atoms with Gasteiger partial charge in [0, 0.05) is 55.8 Å². The minimum absolute atomic E-state index is 0.0779. The zero-order valence-electron chi connectivity index (χ0n) is 17.3. The summed E-state index contributed by atoms with van der Waals surface area (Å²) in [6, 6.07) is 1.72. The van der Waals surface area contributed by atoms with E-state index in [1.54, 1.807) is 14.7 Å². The number of carbonyl (C=O) groups excluding carboxylic acids is 1. The number of rotatable bonds is 5. The van der Waals surface area contributed by atoms with Crippen LogP contribution in [-0.4, -0.2) is 71.9 Å². The van der Waals surface area contributed by atoms with E-state index >= 15 is 0 Å². The van der Waals surface area contributed by atoms with E-state index in [9.17, 15) is 13.2 Å². The molecule has 0 bridgehead atoms. The minimum atomic E-state index is -3.52. The highest BCUT2D eigenvalue weighted by atomic mass is 32.2. The number of nitrogens with one attached hydrogen (secondary N) is 2. The molecule has 4 rings (SSSR count). The first-order valence-electron chi connectivity index (χ1n) is 10.5. The van der Waals surface area contributed by atoms with Crippen LogP contribution in [0.2, 0.25) is 0 Å². The molecule has 1 aromatic rings. The maximum absolute atomic E-state index is 13.2. The second kappa shape index (κ2) is 7.98. The molecule has 0 aromatic carbocycles. The van der Waals surface area contributed by atoms with Crippen LogP contribution >= 0.6 is 0 Å². The van der Waals surface area contributed by atoms with Crippen LogP contribution in [0.5, 0.6) is 0 Å². The standard InChI is InChI=1S/C19H31N5O4S/c1-12-10-23(11-13(2)20-12)29(26,27)24-7-6-16(8-14(24)3)21-19(25)17-9-18(28-22-17)15-4-5-15/h9,12-16,20H,4-8,10-11H2,1-3H3,(H,21,25)/t12?,13?,14-,16-/m0/s1. The van der Waals surface area contributed by atoms with Crippen molar-refractivity contribution < 1.29 is 17.7 Å². The largest absolute Gasteiger partial charge is 0.360 e. The molecule has 1 amide bonds. The lowest BCUT2D eigenvalue weighted by molar-refractivity contribution is 0.0903. The summed E-state index contributed by atoms with van der Waals surface area (Å²) in [5.74, 6) is 0.941. The van der Waals surface area contributed by atoms with Gasteiger partial charge in [-0.2, -0.15) is 17.0 Å². The van der Waals surface area contributed by atoms with E-state index in [1.807, 2.05) is 20.8 Å². The lowest BCUT2D eigenvalue weighted by Gasteiger charge is -2.42. The highest BCUT2D eigenvalue weighted by Gasteiger charge is 2.40. The van der Waals surface area contributed by atoms with E-state index < -0.39 is 10.2 Å². The molecule has 0 radical (unpaired) electrons. The molecule has 2 unspecified atom stereocenters. The van der Waals surface area contributed by atoms with Crippen LogP contribution in [0, 0.1) is 0 Å². The van der Waals surface area contributed by atoms with Crippen LogP contribution in [0.4, 0.5) is 0 Å². The molecule has 2 N–H and O–H groups in total. The van der Waals surface area contributed by atoms with E-state index in [0.717, 1.165) is 18.6 Å². The Morgan fingerprint density at radius 2 is 1.90 bits per heavy atom. The SMILES string of the molecule is CC1CN(S(=O)(=O)N2CC[C@H](NC(=O)c3cc(C4CC4)on3)C[C@@H]2C)CC(C)N1. The normalized spacial score (nSPS) is 32.2. The fraction of sp³-hybridized carbons (Fsp3) is 0.789. The summed E-state index contributed by atoms with van der Waals surface area (Å²) in [5, 5.41) is 10.2. The van der Waals surface area contributed by atoms with Crippen molar-refractivity contribution in [2.45, 2.75) is 76.5 Å². The van der Waals surface area contributed by atoms with Crippen molar-refractivity contribution in [3.8, 4) is 0 Å². The van der Waals surface area contributed by atoms with Gasteiger partial charge in [0.2, 0.25) is 0 Å². The molecule has 2 saturated heterocycles. The van der Waals surface area contributed by atoms with Crippen molar-refractivity contribution in [1.29, 1.82) is 0 Å². The molecule has 29 heavy (non-hydrogen) atoms. The number of piperidine rings is 1. The van der Waals surface area contributed by atoms with Crippen molar-refractivity contribution >= 4 is 16.1 Å². The van der Waals surface area contributed by atoms with Gasteiger partial charge in [0.05, 0.1) is 0 Å². The van der Waals surface area contributed by atoms with E-state index in [1.165, 1.54) is 0 Å². The fourth-order valence-electron chi connectivity index (χ4n) is 4.45. The predicted octanol–water partition coefficient (Wildman–Crippen LogP) is 1.06. The van der Waals surface area contributed by atoms with Gasteiger partial charge in [-0.3, -0.25) is 4.79 Å². The summed E-state index contributed by atoms with van der Waals surface area (Å²) in [5.41, 5.74) is 0.304. The van der Waals surface area contributed by atoms with Crippen molar-refractivity contribution in [3.05, 3.63) is 17.5 Å². The third-order valence-corrected chi connectivity index (χ3v) is 8.12. The van der Waals surface area contributed by atoms with Crippen molar-refractivity contribution in [2.75, 3.05) is 19.6 Å². The maximum Gasteiger partial charge on any atom is 0.282 e. The van der Waals surface area contributed by atoms with Crippen molar-refractivity contribution in [2.24, 2.45) is 0 Å². The van der Waals surface area contributed by atoms with E-state index in [2.05, 4.69) is 15.8 Å². The van der Waals surface area contributed by atoms with Gasteiger partial charge in [-0.1, -0.05) is 5.16 Å². The Bertz CT molecular complexity index is 843. The maximum atomic E-state index is 13.2. The van der Waals surface area contributed by atoms with Gasteiger partial charge in [0.15, 0.2) is 5.69 Å². The molecule has 4 atom stereocenters. The Morgan fingerprint density at radius 3 is 2.52 bits per heavy atom. The number of piperazine rings is 1. The number of hydrogen-bond donors (Lipinski definition) is 2. The molecule has 10 heteroatoms. The Balaban J connectivity index is 1.35.